The molecule has 72 heavy (non-hydrogen) atoms. The summed E-state index contributed by atoms with van der Waals surface area (Å²) in [5.74, 6) is -0.907. The standard InChI is InChI=1S/C66H116O6/c1-4-7-10-13-16-19-22-25-28-30-32-33-35-36-38-41-44-47-50-53-56-59-65(68)71-62-63(61-70-64(67)58-55-52-49-46-43-40-27-24-21-18-15-12-9-6-3)72-66(69)60-57-54-51-48-45-42-39-37-34-31-29-26-23-20-17-14-11-8-5-2/h8,11,17,20,26,29-30,32,34,37,42,45,63H,4-7,9-10,12-16,18-19,21-25,27-28,31,33,35-36,38-41,43-44,46-62H2,1-3H3/b11-8-,20-17-,29-26-,32-30-,37-34-,45-42-. The third-order valence-corrected chi connectivity index (χ3v) is 13.4. The van der Waals surface area contributed by atoms with E-state index in [0.29, 0.717) is 19.3 Å². The van der Waals surface area contributed by atoms with Gasteiger partial charge in [-0.25, -0.2) is 0 Å². The van der Waals surface area contributed by atoms with Crippen molar-refractivity contribution in [2.24, 2.45) is 0 Å². The molecule has 1 atom stereocenters. The lowest BCUT2D eigenvalue weighted by Gasteiger charge is -2.18. The Labute approximate surface area is 446 Å². The van der Waals surface area contributed by atoms with Crippen LogP contribution in [0.5, 0.6) is 0 Å². The quantitative estimate of drug-likeness (QED) is 0.0261. The highest BCUT2D eigenvalue weighted by atomic mass is 16.6. The van der Waals surface area contributed by atoms with Crippen molar-refractivity contribution in [1.29, 1.82) is 0 Å². The van der Waals surface area contributed by atoms with E-state index in [-0.39, 0.29) is 31.1 Å². The largest absolute Gasteiger partial charge is 0.462 e. The average molecular weight is 1010 g/mol. The average Bonchev–Trinajstić information content (AvgIpc) is 3.38. The molecule has 0 spiro atoms. The molecule has 0 fully saturated rings. The number of allylic oxidation sites excluding steroid dienone is 12. The third kappa shape index (κ3) is 57.7. The van der Waals surface area contributed by atoms with Gasteiger partial charge in [0.15, 0.2) is 6.10 Å². The van der Waals surface area contributed by atoms with E-state index < -0.39 is 6.10 Å². The zero-order valence-electron chi connectivity index (χ0n) is 47.7. The van der Waals surface area contributed by atoms with Crippen LogP contribution in [0.15, 0.2) is 72.9 Å². The Kier molecular flexibility index (Phi) is 57.8. The Morgan fingerprint density at radius 3 is 0.875 bits per heavy atom. The van der Waals surface area contributed by atoms with Crippen molar-refractivity contribution in [2.75, 3.05) is 13.2 Å². The number of ether oxygens (including phenoxy) is 3. The molecule has 0 radical (unpaired) electrons. The molecular formula is C66H116O6. The Morgan fingerprint density at radius 2 is 0.542 bits per heavy atom. The lowest BCUT2D eigenvalue weighted by molar-refractivity contribution is -0.167. The van der Waals surface area contributed by atoms with Gasteiger partial charge in [-0.05, 0) is 89.9 Å². The van der Waals surface area contributed by atoms with E-state index in [9.17, 15) is 14.4 Å². The molecule has 0 aromatic rings. The van der Waals surface area contributed by atoms with Crippen molar-refractivity contribution in [2.45, 2.75) is 316 Å². The summed E-state index contributed by atoms with van der Waals surface area (Å²) in [5.41, 5.74) is 0. The molecule has 0 bridgehead atoms. The van der Waals surface area contributed by atoms with Crippen molar-refractivity contribution < 1.29 is 28.6 Å². The zero-order valence-corrected chi connectivity index (χ0v) is 47.7. The van der Waals surface area contributed by atoms with Crippen molar-refractivity contribution >= 4 is 17.9 Å². The summed E-state index contributed by atoms with van der Waals surface area (Å²) in [7, 11) is 0. The van der Waals surface area contributed by atoms with Crippen LogP contribution in [-0.2, 0) is 28.6 Å². The smallest absolute Gasteiger partial charge is 0.306 e. The fourth-order valence-electron chi connectivity index (χ4n) is 8.82. The van der Waals surface area contributed by atoms with Crippen LogP contribution in [0, 0.1) is 0 Å². The maximum absolute atomic E-state index is 12.9. The van der Waals surface area contributed by atoms with E-state index in [0.717, 1.165) is 96.3 Å². The van der Waals surface area contributed by atoms with Crippen molar-refractivity contribution in [3.8, 4) is 0 Å². The van der Waals surface area contributed by atoms with Crippen LogP contribution in [0.25, 0.3) is 0 Å². The van der Waals surface area contributed by atoms with E-state index in [1.165, 1.54) is 173 Å². The summed E-state index contributed by atoms with van der Waals surface area (Å²) in [6, 6.07) is 0. The van der Waals surface area contributed by atoms with Crippen molar-refractivity contribution in [1.82, 2.24) is 0 Å². The number of carbonyl (C=O) groups excluding carboxylic acids is 3. The van der Waals surface area contributed by atoms with E-state index in [1.807, 2.05) is 0 Å². The first kappa shape index (κ1) is 68.8. The van der Waals surface area contributed by atoms with Gasteiger partial charge >= 0.3 is 17.9 Å². The second-order valence-electron chi connectivity index (χ2n) is 20.6. The molecule has 0 aromatic carbocycles. The number of esters is 3. The van der Waals surface area contributed by atoms with Crippen molar-refractivity contribution in [3.05, 3.63) is 72.9 Å². The molecule has 6 nitrogen and oxygen atoms in total. The molecule has 0 aliphatic heterocycles. The summed E-state index contributed by atoms with van der Waals surface area (Å²) in [4.78, 5) is 38.3. The van der Waals surface area contributed by atoms with Gasteiger partial charge in [0.05, 0.1) is 0 Å². The first-order valence-electron chi connectivity index (χ1n) is 30.9. The number of hydrogen-bond donors (Lipinski definition) is 0. The van der Waals surface area contributed by atoms with Gasteiger partial charge in [-0.3, -0.25) is 14.4 Å². The molecule has 416 valence electrons. The van der Waals surface area contributed by atoms with Crippen LogP contribution in [-0.4, -0.2) is 37.2 Å². The highest BCUT2D eigenvalue weighted by Crippen LogP contribution is 2.16. The highest BCUT2D eigenvalue weighted by Gasteiger charge is 2.19. The molecule has 6 heteroatoms. The van der Waals surface area contributed by atoms with E-state index >= 15 is 0 Å². The molecule has 0 aliphatic carbocycles. The van der Waals surface area contributed by atoms with Gasteiger partial charge in [0, 0.05) is 19.3 Å². The molecule has 0 rings (SSSR count). The van der Waals surface area contributed by atoms with Crippen molar-refractivity contribution in [3.63, 3.8) is 0 Å². The van der Waals surface area contributed by atoms with E-state index in [2.05, 4.69) is 93.7 Å². The molecule has 0 N–H and O–H groups in total. The SMILES string of the molecule is CC/C=C\C/C=C\C/C=C\C/C=C\C/C=C\CCCCCC(=O)OC(COC(=O)CCCCCCCCCCC/C=C\CCCCCCCCCC)COC(=O)CCCCCCCCCCCCCCCC. The van der Waals surface area contributed by atoms with Gasteiger partial charge in [0.1, 0.15) is 13.2 Å². The monoisotopic (exact) mass is 1000 g/mol. The molecular weight excluding hydrogens is 889 g/mol. The zero-order chi connectivity index (χ0) is 52.2. The highest BCUT2D eigenvalue weighted by molar-refractivity contribution is 5.71. The lowest BCUT2D eigenvalue weighted by Crippen LogP contribution is -2.30. The molecule has 0 aromatic heterocycles. The Bertz CT molecular complexity index is 1340. The summed E-state index contributed by atoms with van der Waals surface area (Å²) < 4.78 is 16.9. The van der Waals surface area contributed by atoms with Gasteiger partial charge < -0.3 is 14.2 Å². The van der Waals surface area contributed by atoms with Gasteiger partial charge in [-0.15, -0.1) is 0 Å². The Morgan fingerprint density at radius 1 is 0.292 bits per heavy atom. The lowest BCUT2D eigenvalue weighted by atomic mass is 10.0. The molecule has 1 unspecified atom stereocenters. The number of hydrogen-bond acceptors (Lipinski definition) is 6. The third-order valence-electron chi connectivity index (χ3n) is 13.4. The Hall–Kier alpha value is -3.15. The van der Waals surface area contributed by atoms with Crippen LogP contribution >= 0.6 is 0 Å². The Balaban J connectivity index is 4.39. The molecule has 0 heterocycles. The fraction of sp³-hybridized carbons (Fsp3) is 0.773. The molecule has 0 aliphatic rings. The van der Waals surface area contributed by atoms with Gasteiger partial charge in [-0.1, -0.05) is 273 Å². The number of unbranched alkanes of at least 4 members (excludes halogenated alkanes) is 33. The summed E-state index contributed by atoms with van der Waals surface area (Å²) in [5, 5.41) is 0. The fourth-order valence-corrected chi connectivity index (χ4v) is 8.82. The minimum atomic E-state index is -0.793. The van der Waals surface area contributed by atoms with Gasteiger partial charge in [-0.2, -0.15) is 0 Å². The maximum Gasteiger partial charge on any atom is 0.306 e. The predicted molar refractivity (Wildman–Crippen MR) is 311 cm³/mol. The number of rotatable bonds is 56. The van der Waals surface area contributed by atoms with Crippen LogP contribution in [0.4, 0.5) is 0 Å². The topological polar surface area (TPSA) is 78.9 Å². The molecule has 0 amide bonds. The van der Waals surface area contributed by atoms with Crippen LogP contribution in [0.1, 0.15) is 310 Å². The molecule has 0 saturated heterocycles. The summed E-state index contributed by atoms with van der Waals surface area (Å²) in [6.45, 7) is 6.53. The second kappa shape index (κ2) is 60.4. The number of carbonyl (C=O) groups is 3. The normalized spacial score (nSPS) is 12.5. The minimum absolute atomic E-state index is 0.0867. The van der Waals surface area contributed by atoms with Crippen LogP contribution in [0.3, 0.4) is 0 Å². The first-order valence-corrected chi connectivity index (χ1v) is 30.9. The first-order chi connectivity index (χ1) is 35.5. The van der Waals surface area contributed by atoms with Gasteiger partial charge in [0.2, 0.25) is 0 Å². The predicted octanol–water partition coefficient (Wildman–Crippen LogP) is 20.9. The van der Waals surface area contributed by atoms with E-state index in [4.69, 9.17) is 14.2 Å². The van der Waals surface area contributed by atoms with Crippen LogP contribution in [0.2, 0.25) is 0 Å². The minimum Gasteiger partial charge on any atom is -0.462 e. The summed E-state index contributed by atoms with van der Waals surface area (Å²) in [6.07, 6.45) is 77.6. The van der Waals surface area contributed by atoms with Gasteiger partial charge in [0.25, 0.3) is 0 Å². The molecule has 0 saturated carbocycles. The van der Waals surface area contributed by atoms with E-state index in [1.54, 1.807) is 0 Å². The maximum atomic E-state index is 12.9. The van der Waals surface area contributed by atoms with Crippen LogP contribution < -0.4 is 0 Å². The second-order valence-corrected chi connectivity index (χ2v) is 20.6. The summed E-state index contributed by atoms with van der Waals surface area (Å²) >= 11 is 0.